The summed E-state index contributed by atoms with van der Waals surface area (Å²) in [6.45, 7) is 6.03. The number of hydrogen-bond donors (Lipinski definition) is 3. The first-order chi connectivity index (χ1) is 13.6. The Balaban J connectivity index is 0.00000240. The van der Waals surface area contributed by atoms with Gasteiger partial charge in [0.1, 0.15) is 5.82 Å². The molecule has 1 atom stereocenters. The van der Waals surface area contributed by atoms with E-state index in [0.717, 1.165) is 37.3 Å². The van der Waals surface area contributed by atoms with Crippen molar-refractivity contribution >= 4 is 24.0 Å². The third-order valence-corrected chi connectivity index (χ3v) is 4.95. The summed E-state index contributed by atoms with van der Waals surface area (Å²) in [6.07, 6.45) is 4.07. The van der Waals surface area contributed by atoms with Gasteiger partial charge in [0.05, 0.1) is 11.7 Å². The van der Waals surface area contributed by atoms with Crippen LogP contribution in [0.25, 0.3) is 11.4 Å². The number of carbonyl (C=O) groups is 1. The summed E-state index contributed by atoms with van der Waals surface area (Å²) in [7, 11) is 0. The number of piperidine rings is 1. The van der Waals surface area contributed by atoms with Crippen LogP contribution in [0.4, 0.5) is 5.69 Å². The molecule has 0 bridgehead atoms. The molecule has 0 radical (unpaired) electrons. The Morgan fingerprint density at radius 1 is 1.28 bits per heavy atom. The Morgan fingerprint density at radius 2 is 2.10 bits per heavy atom. The number of amides is 1. The van der Waals surface area contributed by atoms with E-state index in [4.69, 9.17) is 0 Å². The first-order valence-corrected chi connectivity index (χ1v) is 9.70. The zero-order chi connectivity index (χ0) is 19.5. The number of rotatable bonds is 5. The summed E-state index contributed by atoms with van der Waals surface area (Å²) in [4.78, 5) is 17.3. The van der Waals surface area contributed by atoms with Crippen molar-refractivity contribution in [3.05, 3.63) is 48.0 Å². The second-order valence-electron chi connectivity index (χ2n) is 7.38. The van der Waals surface area contributed by atoms with E-state index in [9.17, 15) is 4.79 Å². The molecular formula is C20H26ClN7O. The lowest BCUT2D eigenvalue weighted by Crippen LogP contribution is -2.32. The monoisotopic (exact) mass is 415 g/mol. The van der Waals surface area contributed by atoms with Gasteiger partial charge >= 0.3 is 0 Å². The number of H-pyrrole nitrogens is 1. The van der Waals surface area contributed by atoms with Gasteiger partial charge in [0.15, 0.2) is 11.5 Å². The van der Waals surface area contributed by atoms with Crippen LogP contribution in [0.15, 0.2) is 36.5 Å². The van der Waals surface area contributed by atoms with Gasteiger partial charge in [-0.05, 0) is 37.6 Å². The maximum absolute atomic E-state index is 12.8. The lowest BCUT2D eigenvalue weighted by Gasteiger charge is -2.22. The molecule has 4 rings (SSSR count). The van der Waals surface area contributed by atoms with E-state index in [0.29, 0.717) is 23.2 Å². The highest BCUT2D eigenvalue weighted by molar-refractivity contribution is 6.04. The van der Waals surface area contributed by atoms with Crippen LogP contribution in [0, 0.1) is 0 Å². The molecule has 29 heavy (non-hydrogen) atoms. The van der Waals surface area contributed by atoms with E-state index in [1.54, 1.807) is 6.07 Å². The van der Waals surface area contributed by atoms with E-state index in [1.165, 1.54) is 0 Å². The minimum Gasteiger partial charge on any atom is -0.320 e. The fraction of sp³-hybridized carbons (Fsp3) is 0.400. The Labute approximate surface area is 175 Å². The summed E-state index contributed by atoms with van der Waals surface area (Å²) < 4.78 is 1.89. The molecule has 9 heteroatoms. The Hall–Kier alpha value is -2.71. The number of para-hydroxylation sites is 1. The van der Waals surface area contributed by atoms with Crippen LogP contribution < -0.4 is 10.6 Å². The summed E-state index contributed by atoms with van der Waals surface area (Å²) in [5, 5.41) is 18.1. The van der Waals surface area contributed by atoms with E-state index in [2.05, 4.69) is 44.8 Å². The fourth-order valence-corrected chi connectivity index (χ4v) is 3.35. The molecule has 1 aliphatic heterocycles. The van der Waals surface area contributed by atoms with Gasteiger partial charge in [-0.1, -0.05) is 26.0 Å². The summed E-state index contributed by atoms with van der Waals surface area (Å²) >= 11 is 0. The third-order valence-electron chi connectivity index (χ3n) is 4.95. The zero-order valence-electron chi connectivity index (χ0n) is 16.6. The Morgan fingerprint density at radius 3 is 2.83 bits per heavy atom. The fourth-order valence-electron chi connectivity index (χ4n) is 3.35. The summed E-state index contributed by atoms with van der Waals surface area (Å²) in [5.41, 5.74) is 1.84. The third kappa shape index (κ3) is 4.65. The standard InChI is InChI=1S/C20H25N7O.ClH/c1-13(2)18-23-19(25-24-18)15-7-3-4-8-16(15)22-20(28)17-9-11-27(26-17)14-6-5-10-21-12-14;/h3-4,7-9,11,13-14,21H,5-6,10,12H2,1-2H3,(H,22,28)(H,23,24,25);1H. The van der Waals surface area contributed by atoms with Gasteiger partial charge in [-0.3, -0.25) is 14.6 Å². The molecule has 1 fully saturated rings. The van der Waals surface area contributed by atoms with Gasteiger partial charge in [-0.2, -0.15) is 10.2 Å². The van der Waals surface area contributed by atoms with Crippen LogP contribution >= 0.6 is 12.4 Å². The molecule has 1 saturated heterocycles. The van der Waals surface area contributed by atoms with Gasteiger partial charge in [-0.25, -0.2) is 4.98 Å². The van der Waals surface area contributed by atoms with Crippen LogP contribution in [-0.2, 0) is 0 Å². The molecule has 2 aromatic heterocycles. The van der Waals surface area contributed by atoms with Gasteiger partial charge in [0, 0.05) is 24.2 Å². The second kappa shape index (κ2) is 9.19. The van der Waals surface area contributed by atoms with Gasteiger partial charge in [0.2, 0.25) is 0 Å². The van der Waals surface area contributed by atoms with E-state index in [1.807, 2.05) is 35.1 Å². The SMILES string of the molecule is CC(C)c1nc(-c2ccccc2NC(=O)c2ccn(C3CCCNC3)n2)n[nH]1.Cl. The maximum atomic E-state index is 12.8. The minimum atomic E-state index is -0.241. The zero-order valence-corrected chi connectivity index (χ0v) is 17.4. The van der Waals surface area contributed by atoms with Crippen LogP contribution in [0.3, 0.4) is 0 Å². The largest absolute Gasteiger partial charge is 0.320 e. The molecule has 3 aromatic rings. The first kappa shape index (κ1) is 21.0. The molecule has 1 unspecified atom stereocenters. The number of carbonyl (C=O) groups excluding carboxylic acids is 1. The van der Waals surface area contributed by atoms with Crippen molar-refractivity contribution in [2.45, 2.75) is 38.6 Å². The Kier molecular flexibility index (Phi) is 6.66. The average molecular weight is 416 g/mol. The minimum absolute atomic E-state index is 0. The van der Waals surface area contributed by atoms with Crippen molar-refractivity contribution in [1.82, 2.24) is 30.3 Å². The van der Waals surface area contributed by atoms with E-state index < -0.39 is 0 Å². The molecule has 1 aromatic carbocycles. The lowest BCUT2D eigenvalue weighted by atomic mass is 10.1. The van der Waals surface area contributed by atoms with Gasteiger partial charge in [0.25, 0.3) is 5.91 Å². The van der Waals surface area contributed by atoms with Crippen molar-refractivity contribution in [3.63, 3.8) is 0 Å². The normalized spacial score (nSPS) is 16.4. The average Bonchev–Trinajstić information content (AvgIpc) is 3.39. The van der Waals surface area contributed by atoms with Crippen LogP contribution in [0.5, 0.6) is 0 Å². The topological polar surface area (TPSA) is 101 Å². The van der Waals surface area contributed by atoms with Crippen molar-refractivity contribution < 1.29 is 4.79 Å². The maximum Gasteiger partial charge on any atom is 0.276 e. The number of aromatic amines is 1. The van der Waals surface area contributed by atoms with Crippen molar-refractivity contribution in [1.29, 1.82) is 0 Å². The van der Waals surface area contributed by atoms with Gasteiger partial charge < -0.3 is 10.6 Å². The van der Waals surface area contributed by atoms with Crippen LogP contribution in [-0.4, -0.2) is 44.0 Å². The van der Waals surface area contributed by atoms with Crippen LogP contribution in [0.2, 0.25) is 0 Å². The number of halogens is 1. The molecule has 3 heterocycles. The predicted molar refractivity (Wildman–Crippen MR) is 114 cm³/mol. The summed E-state index contributed by atoms with van der Waals surface area (Å²) in [5.74, 6) is 1.39. The first-order valence-electron chi connectivity index (χ1n) is 9.70. The Bertz CT molecular complexity index is 959. The highest BCUT2D eigenvalue weighted by Crippen LogP contribution is 2.26. The molecule has 3 N–H and O–H groups in total. The number of anilines is 1. The molecule has 8 nitrogen and oxygen atoms in total. The van der Waals surface area contributed by atoms with E-state index >= 15 is 0 Å². The quantitative estimate of drug-likeness (QED) is 0.593. The molecule has 0 saturated carbocycles. The van der Waals surface area contributed by atoms with E-state index in [-0.39, 0.29) is 24.2 Å². The van der Waals surface area contributed by atoms with Crippen molar-refractivity contribution in [3.8, 4) is 11.4 Å². The van der Waals surface area contributed by atoms with Crippen LogP contribution in [0.1, 0.15) is 55.0 Å². The lowest BCUT2D eigenvalue weighted by molar-refractivity contribution is 0.102. The molecule has 1 amide bonds. The number of benzene rings is 1. The van der Waals surface area contributed by atoms with Gasteiger partial charge in [-0.15, -0.1) is 12.4 Å². The predicted octanol–water partition coefficient (Wildman–Crippen LogP) is 3.39. The number of aromatic nitrogens is 5. The van der Waals surface area contributed by atoms with Crippen molar-refractivity contribution in [2.75, 3.05) is 18.4 Å². The second-order valence-corrected chi connectivity index (χ2v) is 7.38. The molecule has 0 spiro atoms. The highest BCUT2D eigenvalue weighted by Gasteiger charge is 2.19. The van der Waals surface area contributed by atoms with Crippen molar-refractivity contribution in [2.24, 2.45) is 0 Å². The number of nitrogens with zero attached hydrogens (tertiary/aromatic N) is 4. The molecule has 0 aliphatic carbocycles. The molecule has 154 valence electrons. The number of nitrogens with one attached hydrogen (secondary N) is 3. The molecular weight excluding hydrogens is 390 g/mol. The molecule has 1 aliphatic rings. The number of hydrogen-bond acceptors (Lipinski definition) is 5. The smallest absolute Gasteiger partial charge is 0.276 e. The summed E-state index contributed by atoms with van der Waals surface area (Å²) in [6, 6.07) is 9.58. The highest BCUT2D eigenvalue weighted by atomic mass is 35.5.